The number of aryl methyl sites for hydroxylation is 1. The first-order valence-electron chi connectivity index (χ1n) is 14.1. The molecule has 1 unspecified atom stereocenters. The van der Waals surface area contributed by atoms with Crippen LogP contribution in [0.2, 0.25) is 0 Å². The number of likely N-dealkylation sites (tertiary alicyclic amines) is 1. The number of oxime groups is 1. The number of nitrogens with two attached hydrogens (primary N) is 1. The highest BCUT2D eigenvalue weighted by atomic mass is 19.1. The van der Waals surface area contributed by atoms with E-state index in [1.54, 1.807) is 23.4 Å². The predicted octanol–water partition coefficient (Wildman–Crippen LogP) is 5.81. The quantitative estimate of drug-likeness (QED) is 0.299. The maximum Gasteiger partial charge on any atom is 0.410 e. The van der Waals surface area contributed by atoms with Crippen LogP contribution < -0.4 is 5.73 Å². The Morgan fingerprint density at radius 1 is 1.22 bits per heavy atom. The van der Waals surface area contributed by atoms with Gasteiger partial charge >= 0.3 is 6.09 Å². The number of halogens is 1. The molecule has 0 bridgehead atoms. The maximum absolute atomic E-state index is 14.4. The van der Waals surface area contributed by atoms with E-state index >= 15 is 0 Å². The Hall–Kier alpha value is -4.08. The van der Waals surface area contributed by atoms with Crippen molar-refractivity contribution >= 4 is 17.8 Å². The topological polar surface area (TPSA) is 116 Å². The summed E-state index contributed by atoms with van der Waals surface area (Å²) in [6.07, 6.45) is 6.79. The summed E-state index contributed by atoms with van der Waals surface area (Å²) in [5, 5.41) is 4.58. The molecule has 1 saturated heterocycles. The lowest BCUT2D eigenvalue weighted by Gasteiger charge is -2.29. The van der Waals surface area contributed by atoms with E-state index in [-0.39, 0.29) is 29.8 Å². The largest absolute Gasteiger partial charge is 0.444 e. The summed E-state index contributed by atoms with van der Waals surface area (Å²) in [5.41, 5.74) is 11.2. The number of carbonyl (C=O) groups excluding carboxylic acids is 1. The summed E-state index contributed by atoms with van der Waals surface area (Å²) in [7, 11) is 0. The van der Waals surface area contributed by atoms with Crippen LogP contribution in [-0.4, -0.2) is 56.5 Å². The van der Waals surface area contributed by atoms with Crippen LogP contribution in [0.5, 0.6) is 0 Å². The van der Waals surface area contributed by atoms with Crippen molar-refractivity contribution < 1.29 is 18.8 Å². The van der Waals surface area contributed by atoms with E-state index in [2.05, 4.69) is 20.1 Å². The molecule has 10 heteroatoms. The lowest BCUT2D eigenvalue weighted by molar-refractivity contribution is 0.0192. The van der Waals surface area contributed by atoms with Gasteiger partial charge in [-0.3, -0.25) is 4.98 Å². The molecule has 216 valence electrons. The lowest BCUT2D eigenvalue weighted by atomic mass is 9.78. The zero-order chi connectivity index (χ0) is 29.1. The first-order chi connectivity index (χ1) is 19.6. The van der Waals surface area contributed by atoms with Crippen molar-refractivity contribution in [3.63, 3.8) is 0 Å². The third kappa shape index (κ3) is 6.64. The minimum Gasteiger partial charge on any atom is -0.444 e. The van der Waals surface area contributed by atoms with E-state index in [4.69, 9.17) is 15.3 Å². The zero-order valence-corrected chi connectivity index (χ0v) is 24.1. The lowest BCUT2D eigenvalue weighted by Crippen LogP contribution is -2.40. The molecule has 2 N–H and O–H groups in total. The second-order valence-corrected chi connectivity index (χ2v) is 11.7. The second-order valence-electron chi connectivity index (χ2n) is 11.7. The molecule has 3 aromatic rings. The summed E-state index contributed by atoms with van der Waals surface area (Å²) in [5.74, 6) is -0.139. The smallest absolute Gasteiger partial charge is 0.410 e. The number of pyridine rings is 1. The van der Waals surface area contributed by atoms with Gasteiger partial charge in [-0.1, -0.05) is 17.3 Å². The van der Waals surface area contributed by atoms with E-state index in [9.17, 15) is 9.18 Å². The van der Waals surface area contributed by atoms with Gasteiger partial charge in [0.25, 0.3) is 0 Å². The van der Waals surface area contributed by atoms with E-state index in [1.165, 1.54) is 6.07 Å². The number of nitrogen functional groups attached to an aromatic ring is 1. The molecule has 1 aliphatic heterocycles. The molecule has 2 aromatic heterocycles. The van der Waals surface area contributed by atoms with Crippen LogP contribution >= 0.6 is 0 Å². The van der Waals surface area contributed by atoms with Gasteiger partial charge < -0.3 is 20.2 Å². The Kier molecular flexibility index (Phi) is 8.19. The number of hydrogen-bond donors (Lipinski definition) is 1. The van der Waals surface area contributed by atoms with Crippen LogP contribution in [0.1, 0.15) is 74.9 Å². The van der Waals surface area contributed by atoms with Crippen molar-refractivity contribution in [3.8, 4) is 11.1 Å². The Labute approximate surface area is 240 Å². The number of nitrogens with zero attached hydrogens (tertiary/aromatic N) is 5. The van der Waals surface area contributed by atoms with Gasteiger partial charge in [0.2, 0.25) is 5.95 Å². The summed E-state index contributed by atoms with van der Waals surface area (Å²) >= 11 is 0. The first-order valence-corrected chi connectivity index (χ1v) is 14.1. The number of hydrogen-bond acceptors (Lipinski definition) is 8. The number of benzene rings is 1. The Bertz CT molecular complexity index is 1440. The Balaban J connectivity index is 1.37. The minimum absolute atomic E-state index is 0.0353. The van der Waals surface area contributed by atoms with Gasteiger partial charge in [-0.15, -0.1) is 0 Å². The molecule has 5 rings (SSSR count). The van der Waals surface area contributed by atoms with Crippen molar-refractivity contribution in [2.24, 2.45) is 5.16 Å². The molecule has 1 fully saturated rings. The van der Waals surface area contributed by atoms with Crippen molar-refractivity contribution in [1.29, 1.82) is 0 Å². The molecular formula is C31H37FN6O3. The Morgan fingerprint density at radius 2 is 2.05 bits per heavy atom. The second kappa shape index (κ2) is 11.8. The highest BCUT2D eigenvalue weighted by Crippen LogP contribution is 2.38. The van der Waals surface area contributed by atoms with E-state index in [1.807, 2.05) is 45.9 Å². The van der Waals surface area contributed by atoms with Gasteiger partial charge in [0.1, 0.15) is 18.0 Å². The van der Waals surface area contributed by atoms with Gasteiger partial charge in [0.15, 0.2) is 0 Å². The van der Waals surface area contributed by atoms with E-state index < -0.39 is 5.60 Å². The number of rotatable bonds is 6. The molecule has 0 radical (unpaired) electrons. The fourth-order valence-corrected chi connectivity index (χ4v) is 5.79. The van der Waals surface area contributed by atoms with Crippen LogP contribution in [0.25, 0.3) is 11.1 Å². The van der Waals surface area contributed by atoms with Gasteiger partial charge in [0.05, 0.1) is 17.1 Å². The molecule has 2 aliphatic rings. The average molecular weight is 561 g/mol. The van der Waals surface area contributed by atoms with Crippen molar-refractivity contribution in [1.82, 2.24) is 19.9 Å². The number of ether oxygens (including phenoxy) is 1. The van der Waals surface area contributed by atoms with E-state index in [0.29, 0.717) is 32.4 Å². The molecule has 1 aliphatic carbocycles. The van der Waals surface area contributed by atoms with E-state index in [0.717, 1.165) is 52.2 Å². The summed E-state index contributed by atoms with van der Waals surface area (Å²) in [6.45, 7) is 8.53. The first kappa shape index (κ1) is 28.4. The normalized spacial score (nSPS) is 19.7. The fourth-order valence-electron chi connectivity index (χ4n) is 5.79. The number of carbonyl (C=O) groups is 1. The number of amides is 1. The molecular weight excluding hydrogens is 523 g/mol. The highest BCUT2D eigenvalue weighted by Gasteiger charge is 2.33. The van der Waals surface area contributed by atoms with Gasteiger partial charge in [0, 0.05) is 48.9 Å². The van der Waals surface area contributed by atoms with Crippen molar-refractivity contribution in [2.45, 2.75) is 77.4 Å². The molecule has 1 aromatic carbocycles. The molecule has 0 spiro atoms. The maximum atomic E-state index is 14.4. The number of anilines is 1. The molecule has 3 heterocycles. The van der Waals surface area contributed by atoms with Gasteiger partial charge in [-0.25, -0.2) is 19.2 Å². The number of fused-ring (bicyclic) bond motifs is 1. The third-order valence-corrected chi connectivity index (χ3v) is 7.50. The van der Waals surface area contributed by atoms with Crippen LogP contribution in [-0.2, 0) is 16.0 Å². The summed E-state index contributed by atoms with van der Waals surface area (Å²) in [4.78, 5) is 33.5. The van der Waals surface area contributed by atoms with Gasteiger partial charge in [-0.05, 0) is 82.2 Å². The molecule has 1 amide bonds. The van der Waals surface area contributed by atoms with Crippen LogP contribution in [0.15, 0.2) is 47.9 Å². The minimum atomic E-state index is -0.539. The summed E-state index contributed by atoms with van der Waals surface area (Å²) in [6, 6.07) is 8.67. The van der Waals surface area contributed by atoms with Crippen molar-refractivity contribution in [3.05, 3.63) is 71.1 Å². The fraction of sp³-hybridized carbons (Fsp3) is 0.452. The molecule has 2 atom stereocenters. The average Bonchev–Trinajstić information content (AvgIpc) is 3.39. The summed E-state index contributed by atoms with van der Waals surface area (Å²) < 4.78 is 20.0. The monoisotopic (exact) mass is 560 g/mol. The standard InChI is InChI=1S/C31H37FN6O3/c1-19-28-26(36-29(33)35-19)15-21(24-10-9-22(32)17-25(24)20-7-5-12-34-18-20)16-27(28)37-40-14-11-23-8-6-13-38(23)30(39)41-31(2,3)4/h5,7,9-10,12,17-18,21,23H,6,8,11,13-16H2,1-4H3,(H2,33,35,36)/t21?,23-/m1/s1. The highest BCUT2D eigenvalue weighted by molar-refractivity contribution is 6.03. The molecule has 9 nitrogen and oxygen atoms in total. The predicted molar refractivity (Wildman–Crippen MR) is 155 cm³/mol. The SMILES string of the molecule is Cc1nc(N)nc2c1C(=NOCC[C@H]1CCCN1C(=O)OC(C)(C)C)CC(c1ccc(F)cc1-c1cccnc1)C2. The van der Waals surface area contributed by atoms with Gasteiger partial charge in [-0.2, -0.15) is 0 Å². The van der Waals surface area contributed by atoms with Crippen LogP contribution in [0.4, 0.5) is 15.1 Å². The molecule has 41 heavy (non-hydrogen) atoms. The zero-order valence-electron chi connectivity index (χ0n) is 24.1. The third-order valence-electron chi connectivity index (χ3n) is 7.50. The molecule has 0 saturated carbocycles. The van der Waals surface area contributed by atoms with Crippen LogP contribution in [0.3, 0.4) is 0 Å². The van der Waals surface area contributed by atoms with Crippen molar-refractivity contribution in [2.75, 3.05) is 18.9 Å². The Morgan fingerprint density at radius 3 is 2.80 bits per heavy atom. The van der Waals surface area contributed by atoms with Crippen LogP contribution in [0, 0.1) is 12.7 Å². The number of aromatic nitrogens is 3.